The number of hydrogen-bond acceptors (Lipinski definition) is 6. The number of aromatic nitrogens is 4. The smallest absolute Gasteiger partial charge is 0.237 e. The van der Waals surface area contributed by atoms with Crippen molar-refractivity contribution in [3.63, 3.8) is 0 Å². The van der Waals surface area contributed by atoms with Gasteiger partial charge in [-0.15, -0.1) is 0 Å². The van der Waals surface area contributed by atoms with Crippen LogP contribution in [0.4, 0.5) is 10.2 Å². The molecule has 1 aliphatic rings. The monoisotopic (exact) mass is 343 g/mol. The van der Waals surface area contributed by atoms with Crippen LogP contribution in [0.3, 0.4) is 0 Å². The molecule has 3 heterocycles. The van der Waals surface area contributed by atoms with E-state index >= 15 is 0 Å². The van der Waals surface area contributed by atoms with Gasteiger partial charge in [-0.1, -0.05) is 17.3 Å². The molecule has 0 spiro atoms. The number of nitrogens with zero attached hydrogens (tertiary/aromatic N) is 4. The number of halogens is 1. The molecule has 1 fully saturated rings. The highest BCUT2D eigenvalue weighted by atomic mass is 19.1. The Balaban J connectivity index is 1.78. The van der Waals surface area contributed by atoms with Crippen molar-refractivity contribution in [2.75, 3.05) is 18.9 Å². The molecule has 130 valence electrons. The minimum Gasteiger partial charge on any atom is -0.383 e. The summed E-state index contributed by atoms with van der Waals surface area (Å²) in [5.41, 5.74) is 7.07. The van der Waals surface area contributed by atoms with Crippen molar-refractivity contribution >= 4 is 5.82 Å². The van der Waals surface area contributed by atoms with Gasteiger partial charge in [0.2, 0.25) is 11.7 Å². The van der Waals surface area contributed by atoms with Crippen LogP contribution in [0.2, 0.25) is 0 Å². The summed E-state index contributed by atoms with van der Waals surface area (Å²) in [5, 5.41) is 8.20. The first-order valence-corrected chi connectivity index (χ1v) is 8.06. The Morgan fingerprint density at radius 3 is 2.56 bits per heavy atom. The van der Waals surface area contributed by atoms with E-state index in [1.54, 1.807) is 30.1 Å². The Morgan fingerprint density at radius 1 is 1.20 bits per heavy atom. The van der Waals surface area contributed by atoms with Gasteiger partial charge in [-0.25, -0.2) is 4.39 Å². The fourth-order valence-electron chi connectivity index (χ4n) is 3.26. The molecule has 1 saturated heterocycles. The van der Waals surface area contributed by atoms with Gasteiger partial charge in [0, 0.05) is 20.3 Å². The highest BCUT2D eigenvalue weighted by molar-refractivity contribution is 5.67. The Morgan fingerprint density at radius 2 is 1.92 bits per heavy atom. The third-order valence-corrected chi connectivity index (χ3v) is 4.80. The minimum atomic E-state index is -0.492. The van der Waals surface area contributed by atoms with Crippen molar-refractivity contribution in [1.82, 2.24) is 19.9 Å². The maximum absolute atomic E-state index is 13.4. The highest BCUT2D eigenvalue weighted by Gasteiger charge is 2.41. The second kappa shape index (κ2) is 5.96. The summed E-state index contributed by atoms with van der Waals surface area (Å²) < 4.78 is 26.0. The first-order valence-electron chi connectivity index (χ1n) is 8.06. The van der Waals surface area contributed by atoms with Gasteiger partial charge < -0.3 is 15.0 Å². The van der Waals surface area contributed by atoms with E-state index in [0.29, 0.717) is 49.2 Å². The lowest BCUT2D eigenvalue weighted by molar-refractivity contribution is 0.0523. The molecule has 1 aromatic carbocycles. The zero-order chi connectivity index (χ0) is 17.4. The van der Waals surface area contributed by atoms with Crippen molar-refractivity contribution in [1.29, 1.82) is 0 Å². The predicted octanol–water partition coefficient (Wildman–Crippen LogP) is 2.29. The minimum absolute atomic E-state index is 0.277. The molecule has 0 amide bonds. The van der Waals surface area contributed by atoms with Gasteiger partial charge >= 0.3 is 0 Å². The quantitative estimate of drug-likeness (QED) is 0.784. The number of ether oxygens (including phenoxy) is 1. The third kappa shape index (κ3) is 2.58. The molecule has 0 unspecified atom stereocenters. The molecule has 3 aromatic rings. The summed E-state index contributed by atoms with van der Waals surface area (Å²) in [7, 11) is 1.75. The molecule has 0 bridgehead atoms. The van der Waals surface area contributed by atoms with E-state index in [9.17, 15) is 4.39 Å². The summed E-state index contributed by atoms with van der Waals surface area (Å²) >= 11 is 0. The molecule has 0 radical (unpaired) electrons. The van der Waals surface area contributed by atoms with Gasteiger partial charge in [-0.05, 0) is 30.5 Å². The molecule has 2 aromatic heterocycles. The van der Waals surface area contributed by atoms with E-state index < -0.39 is 5.41 Å². The molecule has 0 aliphatic carbocycles. The van der Waals surface area contributed by atoms with Gasteiger partial charge in [0.25, 0.3) is 0 Å². The summed E-state index contributed by atoms with van der Waals surface area (Å²) in [6.07, 6.45) is 2.98. The lowest BCUT2D eigenvalue weighted by atomic mass is 9.74. The van der Waals surface area contributed by atoms with Crippen molar-refractivity contribution in [3.05, 3.63) is 47.7 Å². The molecule has 2 N–H and O–H groups in total. The van der Waals surface area contributed by atoms with Gasteiger partial charge in [-0.2, -0.15) is 10.1 Å². The van der Waals surface area contributed by atoms with E-state index in [4.69, 9.17) is 15.0 Å². The standard InChI is InChI=1S/C17H18FN5O2/c1-23-14(19)13(10-20-23)15-21-16(25-22-15)17(6-8-24-9-7-17)11-2-4-12(18)5-3-11/h2-5,10H,6-9,19H2,1H3. The number of aryl methyl sites for hydroxylation is 1. The van der Waals surface area contributed by atoms with Crippen molar-refractivity contribution in [2.45, 2.75) is 18.3 Å². The lowest BCUT2D eigenvalue weighted by Crippen LogP contribution is -2.35. The summed E-state index contributed by atoms with van der Waals surface area (Å²) in [6, 6.07) is 6.43. The molecule has 8 heteroatoms. The molecule has 0 atom stereocenters. The number of hydrogen-bond donors (Lipinski definition) is 1. The van der Waals surface area contributed by atoms with Gasteiger partial charge in [0.15, 0.2) is 0 Å². The fraction of sp³-hybridized carbons (Fsp3) is 0.353. The van der Waals surface area contributed by atoms with Gasteiger partial charge in [0.1, 0.15) is 11.6 Å². The normalized spacial score (nSPS) is 16.9. The third-order valence-electron chi connectivity index (χ3n) is 4.80. The van der Waals surface area contributed by atoms with Crippen LogP contribution in [0.25, 0.3) is 11.4 Å². The number of rotatable bonds is 3. The first kappa shape index (κ1) is 15.8. The summed E-state index contributed by atoms with van der Waals surface area (Å²) in [5.74, 6) is 1.07. The van der Waals surface area contributed by atoms with Crippen molar-refractivity contribution in [2.24, 2.45) is 7.05 Å². The molecule has 25 heavy (non-hydrogen) atoms. The summed E-state index contributed by atoms with van der Waals surface area (Å²) in [4.78, 5) is 4.59. The average molecular weight is 343 g/mol. The number of benzene rings is 1. The van der Waals surface area contributed by atoms with Gasteiger partial charge in [-0.3, -0.25) is 4.68 Å². The van der Waals surface area contributed by atoms with E-state index in [-0.39, 0.29) is 5.82 Å². The Bertz CT molecular complexity index is 881. The van der Waals surface area contributed by atoms with Crippen LogP contribution >= 0.6 is 0 Å². The number of nitrogen functional groups attached to an aromatic ring is 1. The SMILES string of the molecule is Cn1ncc(-c2noc(C3(c4ccc(F)cc4)CCOCC3)n2)c1N. The highest BCUT2D eigenvalue weighted by Crippen LogP contribution is 2.41. The predicted molar refractivity (Wildman–Crippen MR) is 88.1 cm³/mol. The Hall–Kier alpha value is -2.74. The van der Waals surface area contributed by atoms with Crippen LogP contribution in [0.15, 0.2) is 35.0 Å². The lowest BCUT2D eigenvalue weighted by Gasteiger charge is -2.34. The maximum atomic E-state index is 13.4. The second-order valence-corrected chi connectivity index (χ2v) is 6.19. The Labute approximate surface area is 143 Å². The van der Waals surface area contributed by atoms with Crippen LogP contribution in [0.5, 0.6) is 0 Å². The van der Waals surface area contributed by atoms with Crippen molar-refractivity contribution < 1.29 is 13.7 Å². The molecule has 4 rings (SSSR count). The molecular formula is C17H18FN5O2. The van der Waals surface area contributed by atoms with Crippen LogP contribution in [0.1, 0.15) is 24.3 Å². The zero-order valence-corrected chi connectivity index (χ0v) is 13.8. The van der Waals surface area contributed by atoms with Crippen molar-refractivity contribution in [3.8, 4) is 11.4 Å². The molecule has 1 aliphatic heterocycles. The van der Waals surface area contributed by atoms with Crippen LogP contribution in [-0.4, -0.2) is 33.1 Å². The van der Waals surface area contributed by atoms with E-state index in [2.05, 4.69) is 15.2 Å². The summed E-state index contributed by atoms with van der Waals surface area (Å²) in [6.45, 7) is 1.15. The number of anilines is 1. The molecule has 0 saturated carbocycles. The Kier molecular flexibility index (Phi) is 3.76. The topological polar surface area (TPSA) is 92.0 Å². The molecular weight excluding hydrogens is 325 g/mol. The van der Waals surface area contributed by atoms with E-state index in [1.165, 1.54) is 12.1 Å². The van der Waals surface area contributed by atoms with E-state index in [0.717, 1.165) is 5.56 Å². The van der Waals surface area contributed by atoms with Gasteiger partial charge in [0.05, 0.1) is 17.2 Å². The average Bonchev–Trinajstić information content (AvgIpc) is 3.24. The second-order valence-electron chi connectivity index (χ2n) is 6.19. The van der Waals surface area contributed by atoms with Crippen LogP contribution in [-0.2, 0) is 17.2 Å². The fourth-order valence-corrected chi connectivity index (χ4v) is 3.26. The molecule has 7 nitrogen and oxygen atoms in total. The number of nitrogens with two attached hydrogens (primary N) is 1. The van der Waals surface area contributed by atoms with Crippen LogP contribution < -0.4 is 5.73 Å². The van der Waals surface area contributed by atoms with E-state index in [1.807, 2.05) is 0 Å². The largest absolute Gasteiger partial charge is 0.383 e. The first-order chi connectivity index (χ1) is 12.1. The van der Waals surface area contributed by atoms with Crippen LogP contribution in [0, 0.1) is 5.82 Å². The zero-order valence-electron chi connectivity index (χ0n) is 13.8. The maximum Gasteiger partial charge on any atom is 0.237 e.